The van der Waals surface area contributed by atoms with E-state index in [1.165, 1.54) is 22.5 Å². The molecule has 1 aromatic heterocycles. The van der Waals surface area contributed by atoms with Crippen molar-refractivity contribution >= 4 is 45.9 Å². The van der Waals surface area contributed by atoms with Crippen molar-refractivity contribution in [1.82, 2.24) is 10.2 Å². The summed E-state index contributed by atoms with van der Waals surface area (Å²) in [5.41, 5.74) is 2.47. The van der Waals surface area contributed by atoms with E-state index in [9.17, 15) is 4.79 Å². The fraction of sp³-hybridized carbons (Fsp3) is 0.267. The predicted molar refractivity (Wildman–Crippen MR) is 96.8 cm³/mol. The van der Waals surface area contributed by atoms with Gasteiger partial charge in [-0.2, -0.15) is 0 Å². The first-order valence-corrected chi connectivity index (χ1v) is 9.63. The Bertz CT molecular complexity index is 642. The number of aromatic nitrogens is 2. The third-order valence-electron chi connectivity index (χ3n) is 2.56. The molecule has 1 heterocycles. The largest absolute Gasteiger partial charge is 0.300 e. The van der Waals surface area contributed by atoms with Crippen LogP contribution in [0.2, 0.25) is 0 Å². The van der Waals surface area contributed by atoms with Crippen LogP contribution in [0.15, 0.2) is 41.3 Å². The van der Waals surface area contributed by atoms with Gasteiger partial charge in [-0.3, -0.25) is 10.1 Å². The zero-order valence-corrected chi connectivity index (χ0v) is 14.7. The number of carbonyl (C=O) groups excluding carboxylic acids is 1. The summed E-state index contributed by atoms with van der Waals surface area (Å²) < 4.78 is 0.836. The van der Waals surface area contributed by atoms with Gasteiger partial charge in [0.15, 0.2) is 4.34 Å². The second-order valence-corrected chi connectivity index (χ2v) is 7.73. The van der Waals surface area contributed by atoms with Gasteiger partial charge in [0.1, 0.15) is 0 Å². The molecular formula is C15H17N3OS3. The number of benzene rings is 1. The Morgan fingerprint density at radius 1 is 1.45 bits per heavy atom. The highest BCUT2D eigenvalue weighted by Gasteiger charge is 2.08. The van der Waals surface area contributed by atoms with E-state index < -0.39 is 0 Å². The summed E-state index contributed by atoms with van der Waals surface area (Å²) in [4.78, 5) is 11.9. The number of hydrogen-bond donors (Lipinski definition) is 1. The number of hydrogen-bond acceptors (Lipinski definition) is 6. The van der Waals surface area contributed by atoms with E-state index in [0.29, 0.717) is 10.9 Å². The molecule has 0 fully saturated rings. The summed E-state index contributed by atoms with van der Waals surface area (Å²) in [6.45, 7) is 5.73. The van der Waals surface area contributed by atoms with Gasteiger partial charge in [0, 0.05) is 11.5 Å². The lowest BCUT2D eigenvalue weighted by Crippen LogP contribution is -2.14. The molecule has 0 atom stereocenters. The lowest BCUT2D eigenvalue weighted by Gasteiger charge is -2.03. The van der Waals surface area contributed by atoms with E-state index in [0.717, 1.165) is 15.8 Å². The zero-order valence-electron chi connectivity index (χ0n) is 12.2. The number of amides is 1. The van der Waals surface area contributed by atoms with Crippen LogP contribution in [0.25, 0.3) is 0 Å². The first-order valence-electron chi connectivity index (χ1n) is 6.67. The third kappa shape index (κ3) is 5.82. The lowest BCUT2D eigenvalue weighted by molar-refractivity contribution is -0.113. The molecule has 0 radical (unpaired) electrons. The SMILES string of the molecule is C=CCSc1nnc(NC(=O)CSCc2cccc(C)c2)s1. The number of thioether (sulfide) groups is 2. The monoisotopic (exact) mass is 351 g/mol. The first-order chi connectivity index (χ1) is 10.7. The van der Waals surface area contributed by atoms with Gasteiger partial charge in [-0.05, 0) is 12.5 Å². The molecule has 0 saturated carbocycles. The second-order valence-electron chi connectivity index (χ2n) is 4.50. The van der Waals surface area contributed by atoms with Crippen LogP contribution in [0, 0.1) is 6.92 Å². The van der Waals surface area contributed by atoms with Crippen LogP contribution in [0.4, 0.5) is 5.13 Å². The lowest BCUT2D eigenvalue weighted by atomic mass is 10.2. The number of anilines is 1. The highest BCUT2D eigenvalue weighted by Crippen LogP contribution is 2.25. The molecule has 1 N–H and O–H groups in total. The topological polar surface area (TPSA) is 54.9 Å². The normalized spacial score (nSPS) is 10.4. The minimum Gasteiger partial charge on any atom is -0.300 e. The summed E-state index contributed by atoms with van der Waals surface area (Å²) >= 11 is 4.53. The maximum Gasteiger partial charge on any atom is 0.236 e. The Morgan fingerprint density at radius 3 is 3.09 bits per heavy atom. The fourth-order valence-corrected chi connectivity index (χ4v) is 3.97. The van der Waals surface area contributed by atoms with Gasteiger partial charge in [0.2, 0.25) is 11.0 Å². The van der Waals surface area contributed by atoms with Crippen LogP contribution in [-0.4, -0.2) is 27.6 Å². The third-order valence-corrected chi connectivity index (χ3v) is 5.53. The van der Waals surface area contributed by atoms with E-state index in [1.807, 2.05) is 12.1 Å². The highest BCUT2D eigenvalue weighted by molar-refractivity contribution is 8.01. The minimum atomic E-state index is -0.0472. The quantitative estimate of drug-likeness (QED) is 0.443. The molecule has 0 spiro atoms. The molecular weight excluding hydrogens is 334 g/mol. The summed E-state index contributed by atoms with van der Waals surface area (Å²) in [7, 11) is 0. The molecule has 1 amide bonds. The van der Waals surface area contributed by atoms with Crippen molar-refractivity contribution in [3.63, 3.8) is 0 Å². The maximum absolute atomic E-state index is 11.9. The van der Waals surface area contributed by atoms with Gasteiger partial charge in [0.25, 0.3) is 0 Å². The van der Waals surface area contributed by atoms with Gasteiger partial charge in [0.05, 0.1) is 5.75 Å². The number of nitrogens with one attached hydrogen (secondary N) is 1. The molecule has 22 heavy (non-hydrogen) atoms. The van der Waals surface area contributed by atoms with Gasteiger partial charge < -0.3 is 0 Å². The van der Waals surface area contributed by atoms with E-state index in [4.69, 9.17) is 0 Å². The Labute approximate surface area is 142 Å². The maximum atomic E-state index is 11.9. The molecule has 7 heteroatoms. The molecule has 116 valence electrons. The van der Waals surface area contributed by atoms with Gasteiger partial charge in [-0.1, -0.05) is 59.0 Å². The average molecular weight is 352 g/mol. The van der Waals surface area contributed by atoms with Gasteiger partial charge in [-0.15, -0.1) is 28.5 Å². The summed E-state index contributed by atoms with van der Waals surface area (Å²) in [6.07, 6.45) is 1.81. The van der Waals surface area contributed by atoms with Crippen LogP contribution >= 0.6 is 34.9 Å². The molecule has 0 aliphatic carbocycles. The average Bonchev–Trinajstić information content (AvgIpc) is 2.92. The van der Waals surface area contributed by atoms with Crippen LogP contribution in [0.1, 0.15) is 11.1 Å². The molecule has 0 aliphatic heterocycles. The molecule has 2 rings (SSSR count). The van der Waals surface area contributed by atoms with Crippen molar-refractivity contribution in [2.75, 3.05) is 16.8 Å². The molecule has 0 saturated heterocycles. The Hall–Kier alpha value is -1.31. The molecule has 1 aromatic carbocycles. The summed E-state index contributed by atoms with van der Waals surface area (Å²) in [6, 6.07) is 8.32. The van der Waals surface area contributed by atoms with Crippen molar-refractivity contribution < 1.29 is 4.79 Å². The fourth-order valence-electron chi connectivity index (χ4n) is 1.67. The Morgan fingerprint density at radius 2 is 2.32 bits per heavy atom. The van der Waals surface area contributed by atoms with Crippen molar-refractivity contribution in [3.8, 4) is 0 Å². The summed E-state index contributed by atoms with van der Waals surface area (Å²) in [5, 5.41) is 11.3. The zero-order chi connectivity index (χ0) is 15.8. The van der Waals surface area contributed by atoms with E-state index in [-0.39, 0.29) is 5.91 Å². The van der Waals surface area contributed by atoms with Crippen LogP contribution in [0.3, 0.4) is 0 Å². The molecule has 0 aliphatic rings. The van der Waals surface area contributed by atoms with Gasteiger partial charge in [-0.25, -0.2) is 0 Å². The smallest absolute Gasteiger partial charge is 0.236 e. The van der Waals surface area contributed by atoms with E-state index in [2.05, 4.69) is 47.2 Å². The number of carbonyl (C=O) groups is 1. The standard InChI is InChI=1S/C15H17N3OS3/c1-3-7-21-15-18-17-14(22-15)16-13(19)10-20-9-12-6-4-5-11(2)8-12/h3-6,8H,1,7,9-10H2,2H3,(H,16,17,19). The Balaban J connectivity index is 1.73. The minimum absolute atomic E-state index is 0.0472. The van der Waals surface area contributed by atoms with Crippen molar-refractivity contribution in [1.29, 1.82) is 0 Å². The number of rotatable bonds is 8. The van der Waals surface area contributed by atoms with Crippen LogP contribution in [-0.2, 0) is 10.5 Å². The van der Waals surface area contributed by atoms with Crippen molar-refractivity contribution in [2.45, 2.75) is 17.0 Å². The van der Waals surface area contributed by atoms with Crippen LogP contribution < -0.4 is 5.32 Å². The van der Waals surface area contributed by atoms with Crippen molar-refractivity contribution in [3.05, 3.63) is 48.0 Å². The predicted octanol–water partition coefficient (Wildman–Crippen LogP) is 4.00. The highest BCUT2D eigenvalue weighted by atomic mass is 32.2. The first kappa shape index (κ1) is 17.1. The number of aryl methyl sites for hydroxylation is 1. The Kier molecular flexibility index (Phi) is 6.95. The molecule has 0 bridgehead atoms. The summed E-state index contributed by atoms with van der Waals surface area (Å²) in [5.74, 6) is 1.97. The van der Waals surface area contributed by atoms with Gasteiger partial charge >= 0.3 is 0 Å². The van der Waals surface area contributed by atoms with E-state index in [1.54, 1.807) is 23.5 Å². The molecule has 2 aromatic rings. The van der Waals surface area contributed by atoms with Crippen molar-refractivity contribution in [2.24, 2.45) is 0 Å². The number of nitrogens with zero attached hydrogens (tertiary/aromatic N) is 2. The van der Waals surface area contributed by atoms with Crippen LogP contribution in [0.5, 0.6) is 0 Å². The second kappa shape index (κ2) is 8.97. The molecule has 4 nitrogen and oxygen atoms in total. The molecule has 0 unspecified atom stereocenters. The van der Waals surface area contributed by atoms with E-state index >= 15 is 0 Å².